The summed E-state index contributed by atoms with van der Waals surface area (Å²) in [7, 11) is 1.57. The lowest BCUT2D eigenvalue weighted by molar-refractivity contribution is -0.117. The van der Waals surface area contributed by atoms with E-state index in [1.54, 1.807) is 35.5 Å². The summed E-state index contributed by atoms with van der Waals surface area (Å²) in [6, 6.07) is 9.25. The molecule has 120 valence electrons. The first-order valence-corrected chi connectivity index (χ1v) is 8.36. The molecule has 1 aromatic carbocycles. The van der Waals surface area contributed by atoms with Crippen LogP contribution in [0.25, 0.3) is 0 Å². The van der Waals surface area contributed by atoms with Gasteiger partial charge in [0.15, 0.2) is 0 Å². The van der Waals surface area contributed by atoms with E-state index in [0.717, 1.165) is 17.0 Å². The Morgan fingerprint density at radius 3 is 2.91 bits per heavy atom. The molecule has 1 fully saturated rings. The van der Waals surface area contributed by atoms with Crippen LogP contribution in [0.4, 0.5) is 11.4 Å². The highest BCUT2D eigenvalue weighted by Crippen LogP contribution is 2.33. The van der Waals surface area contributed by atoms with E-state index in [2.05, 4.69) is 5.32 Å². The van der Waals surface area contributed by atoms with Crippen LogP contribution < -0.4 is 15.0 Å². The number of methoxy groups -OCH3 is 1. The standard InChI is InChI=1S/C17H18N2O3S/c1-22-15-10-12(18-16(20)11-13-4-3-9-23-13)6-7-14(15)19-8-2-5-17(19)21/h3-4,6-7,9-10H,2,5,8,11H2,1H3,(H,18,20). The molecule has 2 heterocycles. The van der Waals surface area contributed by atoms with Crippen LogP contribution in [-0.2, 0) is 16.0 Å². The molecule has 5 nitrogen and oxygen atoms in total. The van der Waals surface area contributed by atoms with E-state index in [0.29, 0.717) is 30.8 Å². The van der Waals surface area contributed by atoms with Gasteiger partial charge >= 0.3 is 0 Å². The number of nitrogens with one attached hydrogen (secondary N) is 1. The Kier molecular flexibility index (Phi) is 4.62. The maximum Gasteiger partial charge on any atom is 0.229 e. The van der Waals surface area contributed by atoms with Crippen LogP contribution in [0.5, 0.6) is 5.75 Å². The molecule has 1 N–H and O–H groups in total. The van der Waals surface area contributed by atoms with Crippen LogP contribution in [0.1, 0.15) is 17.7 Å². The van der Waals surface area contributed by atoms with Crippen molar-refractivity contribution in [2.45, 2.75) is 19.3 Å². The van der Waals surface area contributed by atoms with Gasteiger partial charge < -0.3 is 15.0 Å². The average Bonchev–Trinajstić information content (AvgIpc) is 3.19. The molecule has 0 unspecified atom stereocenters. The number of hydrogen-bond acceptors (Lipinski definition) is 4. The van der Waals surface area contributed by atoms with Crippen molar-refractivity contribution in [3.63, 3.8) is 0 Å². The van der Waals surface area contributed by atoms with Crippen molar-refractivity contribution in [2.24, 2.45) is 0 Å². The molecule has 0 saturated carbocycles. The Hall–Kier alpha value is -2.34. The number of hydrogen-bond donors (Lipinski definition) is 1. The Morgan fingerprint density at radius 1 is 1.39 bits per heavy atom. The lowest BCUT2D eigenvalue weighted by Crippen LogP contribution is -2.24. The van der Waals surface area contributed by atoms with E-state index in [4.69, 9.17) is 4.74 Å². The van der Waals surface area contributed by atoms with Crippen molar-refractivity contribution in [3.05, 3.63) is 40.6 Å². The molecule has 2 amide bonds. The summed E-state index contributed by atoms with van der Waals surface area (Å²) < 4.78 is 5.39. The average molecular weight is 330 g/mol. The number of ether oxygens (including phenoxy) is 1. The Labute approximate surface area is 138 Å². The maximum atomic E-state index is 12.1. The van der Waals surface area contributed by atoms with E-state index < -0.39 is 0 Å². The molecular weight excluding hydrogens is 312 g/mol. The van der Waals surface area contributed by atoms with Gasteiger partial charge in [0.05, 0.1) is 19.2 Å². The van der Waals surface area contributed by atoms with Crippen LogP contribution in [0.3, 0.4) is 0 Å². The summed E-state index contributed by atoms with van der Waals surface area (Å²) in [6.07, 6.45) is 1.79. The zero-order valence-electron chi connectivity index (χ0n) is 12.9. The highest BCUT2D eigenvalue weighted by molar-refractivity contribution is 7.10. The second-order valence-electron chi connectivity index (χ2n) is 5.34. The number of thiophene rings is 1. The number of carbonyl (C=O) groups is 2. The molecule has 1 aliphatic heterocycles. The molecule has 0 atom stereocenters. The van der Waals surface area contributed by atoms with Gasteiger partial charge in [-0.3, -0.25) is 9.59 Å². The van der Waals surface area contributed by atoms with Gasteiger partial charge in [-0.05, 0) is 30.0 Å². The van der Waals surface area contributed by atoms with Crippen molar-refractivity contribution in [1.29, 1.82) is 0 Å². The summed E-state index contributed by atoms with van der Waals surface area (Å²) in [5.41, 5.74) is 1.42. The zero-order valence-corrected chi connectivity index (χ0v) is 13.7. The summed E-state index contributed by atoms with van der Waals surface area (Å²) in [4.78, 5) is 26.7. The molecule has 6 heteroatoms. The van der Waals surface area contributed by atoms with E-state index in [-0.39, 0.29) is 11.8 Å². The molecule has 23 heavy (non-hydrogen) atoms. The minimum atomic E-state index is -0.0699. The molecule has 1 aromatic heterocycles. The van der Waals surface area contributed by atoms with Crippen LogP contribution >= 0.6 is 11.3 Å². The van der Waals surface area contributed by atoms with Gasteiger partial charge in [-0.25, -0.2) is 0 Å². The number of rotatable bonds is 5. The molecule has 2 aromatic rings. The quantitative estimate of drug-likeness (QED) is 0.916. The molecule has 0 aliphatic carbocycles. The van der Waals surface area contributed by atoms with Crippen molar-refractivity contribution in [1.82, 2.24) is 0 Å². The predicted octanol–water partition coefficient (Wildman–Crippen LogP) is 3.06. The number of amides is 2. The van der Waals surface area contributed by atoms with Crippen molar-refractivity contribution >= 4 is 34.5 Å². The van der Waals surface area contributed by atoms with Gasteiger partial charge in [0.25, 0.3) is 0 Å². The number of nitrogens with zero attached hydrogens (tertiary/aromatic N) is 1. The lowest BCUT2D eigenvalue weighted by atomic mass is 10.2. The first kappa shape index (κ1) is 15.6. The van der Waals surface area contributed by atoms with Gasteiger partial charge in [0.1, 0.15) is 5.75 Å². The molecule has 3 rings (SSSR count). The fourth-order valence-electron chi connectivity index (χ4n) is 2.66. The monoisotopic (exact) mass is 330 g/mol. The molecule has 1 aliphatic rings. The van der Waals surface area contributed by atoms with Gasteiger partial charge in [-0.15, -0.1) is 11.3 Å². The Bertz CT molecular complexity index is 713. The fourth-order valence-corrected chi connectivity index (χ4v) is 3.36. The smallest absolute Gasteiger partial charge is 0.229 e. The van der Waals surface area contributed by atoms with Crippen molar-refractivity contribution < 1.29 is 14.3 Å². The molecule has 1 saturated heterocycles. The van der Waals surface area contributed by atoms with E-state index in [9.17, 15) is 9.59 Å². The largest absolute Gasteiger partial charge is 0.494 e. The van der Waals surface area contributed by atoms with Gasteiger partial charge in [-0.1, -0.05) is 6.07 Å². The van der Waals surface area contributed by atoms with Gasteiger partial charge in [0.2, 0.25) is 11.8 Å². The summed E-state index contributed by atoms with van der Waals surface area (Å²) in [5.74, 6) is 0.631. The molecule has 0 bridgehead atoms. The van der Waals surface area contributed by atoms with Gasteiger partial charge in [0, 0.05) is 29.6 Å². The van der Waals surface area contributed by atoms with E-state index >= 15 is 0 Å². The highest BCUT2D eigenvalue weighted by atomic mass is 32.1. The second kappa shape index (κ2) is 6.83. The van der Waals surface area contributed by atoms with Crippen LogP contribution in [-0.4, -0.2) is 25.5 Å². The lowest BCUT2D eigenvalue weighted by Gasteiger charge is -2.19. The summed E-state index contributed by atoms with van der Waals surface area (Å²) in [5, 5.41) is 4.82. The molecule has 0 spiro atoms. The molecule has 0 radical (unpaired) electrons. The third-order valence-electron chi connectivity index (χ3n) is 3.74. The first-order chi connectivity index (χ1) is 11.2. The topological polar surface area (TPSA) is 58.6 Å². The van der Waals surface area contributed by atoms with Gasteiger partial charge in [-0.2, -0.15) is 0 Å². The first-order valence-electron chi connectivity index (χ1n) is 7.48. The normalized spacial score (nSPS) is 14.1. The fraction of sp³-hybridized carbons (Fsp3) is 0.294. The summed E-state index contributed by atoms with van der Waals surface area (Å²) >= 11 is 1.56. The number of benzene rings is 1. The third-order valence-corrected chi connectivity index (χ3v) is 4.62. The summed E-state index contributed by atoms with van der Waals surface area (Å²) in [6.45, 7) is 0.708. The number of anilines is 2. The maximum absolute atomic E-state index is 12.1. The SMILES string of the molecule is COc1cc(NC(=O)Cc2cccs2)ccc1N1CCCC1=O. The van der Waals surface area contributed by atoms with Crippen LogP contribution in [0.2, 0.25) is 0 Å². The van der Waals surface area contributed by atoms with E-state index in [1.807, 2.05) is 23.6 Å². The van der Waals surface area contributed by atoms with E-state index in [1.165, 1.54) is 0 Å². The van der Waals surface area contributed by atoms with Crippen molar-refractivity contribution in [3.8, 4) is 5.75 Å². The number of carbonyl (C=O) groups excluding carboxylic acids is 2. The van der Waals surface area contributed by atoms with Crippen molar-refractivity contribution in [2.75, 3.05) is 23.9 Å². The third kappa shape index (κ3) is 3.53. The Morgan fingerprint density at radius 2 is 2.26 bits per heavy atom. The van der Waals surface area contributed by atoms with Crippen LogP contribution in [0, 0.1) is 0 Å². The second-order valence-corrected chi connectivity index (χ2v) is 6.37. The molecular formula is C17H18N2O3S. The minimum absolute atomic E-state index is 0.0699. The zero-order chi connectivity index (χ0) is 16.2. The predicted molar refractivity (Wildman–Crippen MR) is 91.2 cm³/mol. The highest BCUT2D eigenvalue weighted by Gasteiger charge is 2.24. The van der Waals surface area contributed by atoms with Crippen LogP contribution in [0.15, 0.2) is 35.7 Å². The Balaban J connectivity index is 1.73. The minimum Gasteiger partial charge on any atom is -0.494 e.